The van der Waals surface area contributed by atoms with Crippen molar-refractivity contribution in [3.05, 3.63) is 29.3 Å². The summed E-state index contributed by atoms with van der Waals surface area (Å²) in [5.41, 5.74) is 2.71. The predicted octanol–water partition coefficient (Wildman–Crippen LogP) is 1.80. The Labute approximate surface area is 101 Å². The van der Waals surface area contributed by atoms with Gasteiger partial charge in [0, 0.05) is 12.7 Å². The monoisotopic (exact) mass is 234 g/mol. The molecule has 0 bridgehead atoms. The highest BCUT2D eigenvalue weighted by Gasteiger charge is 2.16. The van der Waals surface area contributed by atoms with Crippen molar-refractivity contribution in [1.29, 1.82) is 0 Å². The number of hydrogen-bond donors (Lipinski definition) is 2. The fourth-order valence-corrected chi connectivity index (χ4v) is 1.63. The lowest BCUT2D eigenvalue weighted by Crippen LogP contribution is -2.33. The average Bonchev–Trinajstić information content (AvgIpc) is 2.30. The molecule has 4 heteroatoms. The van der Waals surface area contributed by atoms with Crippen LogP contribution >= 0.6 is 0 Å². The lowest BCUT2D eigenvalue weighted by molar-refractivity contribution is -0.135. The Bertz CT molecular complexity index is 439. The van der Waals surface area contributed by atoms with Crippen LogP contribution in [0.25, 0.3) is 0 Å². The zero-order valence-electron chi connectivity index (χ0n) is 10.6. The van der Waals surface area contributed by atoms with Gasteiger partial charge >= 0.3 is 11.8 Å². The summed E-state index contributed by atoms with van der Waals surface area (Å²) in [5.74, 6) is -0.985. The van der Waals surface area contributed by atoms with Gasteiger partial charge in [0.1, 0.15) is 0 Å². The molecule has 2 amide bonds. The first-order chi connectivity index (χ1) is 7.97. The predicted molar refractivity (Wildman–Crippen MR) is 68.0 cm³/mol. The summed E-state index contributed by atoms with van der Waals surface area (Å²) in [7, 11) is 1.43. The summed E-state index contributed by atoms with van der Waals surface area (Å²) in [6, 6.07) is 5.81. The number of carbonyl (C=O) groups is 2. The van der Waals surface area contributed by atoms with E-state index in [9.17, 15) is 9.59 Å². The van der Waals surface area contributed by atoms with Gasteiger partial charge in [0.2, 0.25) is 0 Å². The van der Waals surface area contributed by atoms with Gasteiger partial charge in [0.15, 0.2) is 0 Å². The second kappa shape index (κ2) is 5.48. The van der Waals surface area contributed by atoms with Crippen LogP contribution in [-0.4, -0.2) is 18.9 Å². The molecule has 0 atom stereocenters. The maximum absolute atomic E-state index is 11.5. The van der Waals surface area contributed by atoms with Crippen LogP contribution in [0.3, 0.4) is 0 Å². The molecule has 17 heavy (non-hydrogen) atoms. The zero-order chi connectivity index (χ0) is 13.0. The average molecular weight is 234 g/mol. The van der Waals surface area contributed by atoms with Crippen LogP contribution in [0.1, 0.15) is 30.9 Å². The van der Waals surface area contributed by atoms with E-state index in [2.05, 4.69) is 10.6 Å². The highest BCUT2D eigenvalue weighted by atomic mass is 16.2. The van der Waals surface area contributed by atoms with E-state index >= 15 is 0 Å². The fraction of sp³-hybridized carbons (Fsp3) is 0.385. The van der Waals surface area contributed by atoms with Crippen LogP contribution in [0.5, 0.6) is 0 Å². The number of amides is 2. The Hall–Kier alpha value is -1.84. The van der Waals surface area contributed by atoms with E-state index in [0.29, 0.717) is 0 Å². The summed E-state index contributed by atoms with van der Waals surface area (Å²) in [4.78, 5) is 22.7. The largest absolute Gasteiger partial charge is 0.351 e. The molecule has 0 saturated heterocycles. The molecular formula is C13H18N2O2. The molecule has 0 aliphatic rings. The van der Waals surface area contributed by atoms with E-state index < -0.39 is 11.8 Å². The summed E-state index contributed by atoms with van der Waals surface area (Å²) >= 11 is 0. The number of anilines is 1. The van der Waals surface area contributed by atoms with Crippen molar-refractivity contribution in [2.75, 3.05) is 12.4 Å². The Morgan fingerprint density at radius 1 is 1.18 bits per heavy atom. The van der Waals surface area contributed by atoms with Crippen molar-refractivity contribution in [3.63, 3.8) is 0 Å². The molecule has 92 valence electrons. The Balaban J connectivity index is 3.05. The van der Waals surface area contributed by atoms with Gasteiger partial charge in [-0.25, -0.2) is 0 Å². The Kier molecular flexibility index (Phi) is 4.26. The number of benzene rings is 1. The molecule has 0 aromatic heterocycles. The number of aryl methyl sites for hydroxylation is 1. The minimum Gasteiger partial charge on any atom is -0.351 e. The van der Waals surface area contributed by atoms with Crippen molar-refractivity contribution < 1.29 is 9.59 Å². The molecule has 0 saturated carbocycles. The van der Waals surface area contributed by atoms with E-state index in [0.717, 1.165) is 16.8 Å². The number of rotatable bonds is 2. The second-order valence-corrected chi connectivity index (χ2v) is 4.23. The normalized spacial score (nSPS) is 10.2. The standard InChI is InChI=1S/C13H18N2O2/c1-8(2)10-7-5-6-9(3)11(10)15-13(17)12(16)14-4/h5-8H,1-4H3,(H,14,16)(H,15,17). The minimum absolute atomic E-state index is 0.287. The van der Waals surface area contributed by atoms with E-state index in [1.165, 1.54) is 7.05 Å². The van der Waals surface area contributed by atoms with E-state index in [1.54, 1.807) is 0 Å². The molecule has 0 heterocycles. The number of carbonyl (C=O) groups excluding carboxylic acids is 2. The smallest absolute Gasteiger partial charge is 0.313 e. The maximum atomic E-state index is 11.5. The van der Waals surface area contributed by atoms with Crippen LogP contribution in [0.2, 0.25) is 0 Å². The van der Waals surface area contributed by atoms with Crippen LogP contribution < -0.4 is 10.6 Å². The molecule has 0 fully saturated rings. The van der Waals surface area contributed by atoms with Crippen LogP contribution in [0.15, 0.2) is 18.2 Å². The SMILES string of the molecule is CNC(=O)C(=O)Nc1c(C)cccc1C(C)C. The first-order valence-electron chi connectivity index (χ1n) is 5.60. The van der Waals surface area contributed by atoms with Gasteiger partial charge in [0.25, 0.3) is 0 Å². The lowest BCUT2D eigenvalue weighted by Gasteiger charge is -2.15. The first-order valence-corrected chi connectivity index (χ1v) is 5.60. The maximum Gasteiger partial charge on any atom is 0.313 e. The van der Waals surface area contributed by atoms with Crippen molar-refractivity contribution in [2.45, 2.75) is 26.7 Å². The number of para-hydroxylation sites is 1. The number of nitrogens with one attached hydrogen (secondary N) is 2. The summed E-state index contributed by atoms with van der Waals surface area (Å²) in [6.45, 7) is 6.00. The quantitative estimate of drug-likeness (QED) is 0.767. The van der Waals surface area contributed by atoms with Gasteiger partial charge in [-0.3, -0.25) is 9.59 Å². The molecule has 1 rings (SSSR count). The van der Waals surface area contributed by atoms with Crippen molar-refractivity contribution in [1.82, 2.24) is 5.32 Å². The van der Waals surface area contributed by atoms with Crippen molar-refractivity contribution in [3.8, 4) is 0 Å². The number of likely N-dealkylation sites (N-methyl/N-ethyl adjacent to an activating group) is 1. The van der Waals surface area contributed by atoms with Crippen LogP contribution in [0, 0.1) is 6.92 Å². The molecule has 0 unspecified atom stereocenters. The van der Waals surface area contributed by atoms with Gasteiger partial charge < -0.3 is 10.6 Å². The molecule has 0 spiro atoms. The topological polar surface area (TPSA) is 58.2 Å². The van der Waals surface area contributed by atoms with Gasteiger partial charge in [-0.2, -0.15) is 0 Å². The summed E-state index contributed by atoms with van der Waals surface area (Å²) in [5, 5.41) is 4.96. The molecule has 0 aliphatic carbocycles. The third kappa shape index (κ3) is 3.06. The molecular weight excluding hydrogens is 216 g/mol. The molecule has 4 nitrogen and oxygen atoms in total. The lowest BCUT2D eigenvalue weighted by atomic mass is 9.98. The van der Waals surface area contributed by atoms with Crippen molar-refractivity contribution in [2.24, 2.45) is 0 Å². The molecule has 0 aliphatic heterocycles. The second-order valence-electron chi connectivity index (χ2n) is 4.23. The molecule has 2 N–H and O–H groups in total. The van der Waals surface area contributed by atoms with E-state index in [-0.39, 0.29) is 5.92 Å². The highest BCUT2D eigenvalue weighted by molar-refractivity contribution is 6.39. The van der Waals surface area contributed by atoms with Gasteiger partial charge in [-0.05, 0) is 24.0 Å². The van der Waals surface area contributed by atoms with Crippen LogP contribution in [-0.2, 0) is 9.59 Å². The van der Waals surface area contributed by atoms with E-state index in [1.807, 2.05) is 39.0 Å². The molecule has 1 aromatic rings. The van der Waals surface area contributed by atoms with Gasteiger partial charge in [-0.15, -0.1) is 0 Å². The van der Waals surface area contributed by atoms with E-state index in [4.69, 9.17) is 0 Å². The first kappa shape index (κ1) is 13.2. The third-order valence-corrected chi connectivity index (χ3v) is 2.60. The Morgan fingerprint density at radius 3 is 2.35 bits per heavy atom. The van der Waals surface area contributed by atoms with Gasteiger partial charge in [0.05, 0.1) is 0 Å². The minimum atomic E-state index is -0.636. The van der Waals surface area contributed by atoms with Gasteiger partial charge in [-0.1, -0.05) is 32.0 Å². The Morgan fingerprint density at radius 2 is 1.82 bits per heavy atom. The summed E-state index contributed by atoms with van der Waals surface area (Å²) in [6.07, 6.45) is 0. The summed E-state index contributed by atoms with van der Waals surface area (Å²) < 4.78 is 0. The fourth-order valence-electron chi connectivity index (χ4n) is 1.63. The highest BCUT2D eigenvalue weighted by Crippen LogP contribution is 2.27. The molecule has 1 aromatic carbocycles. The third-order valence-electron chi connectivity index (χ3n) is 2.60. The zero-order valence-corrected chi connectivity index (χ0v) is 10.6. The van der Waals surface area contributed by atoms with Crippen molar-refractivity contribution >= 4 is 17.5 Å². The number of hydrogen-bond acceptors (Lipinski definition) is 2. The molecule has 0 radical (unpaired) electrons. The van der Waals surface area contributed by atoms with Crippen LogP contribution in [0.4, 0.5) is 5.69 Å².